The Hall–Kier alpha value is -7.36. The van der Waals surface area contributed by atoms with Gasteiger partial charge < -0.3 is 9.13 Å². The van der Waals surface area contributed by atoms with Crippen molar-refractivity contribution in [1.29, 1.82) is 5.26 Å². The van der Waals surface area contributed by atoms with Crippen molar-refractivity contribution in [3.05, 3.63) is 173 Å². The highest BCUT2D eigenvalue weighted by Gasteiger charge is 2.24. The molecular formula is C50H36N6. The monoisotopic (exact) mass is 720 g/mol. The lowest BCUT2D eigenvalue weighted by molar-refractivity contribution is 1.06. The maximum atomic E-state index is 11.1. The van der Waals surface area contributed by atoms with Crippen LogP contribution in [0.3, 0.4) is 0 Å². The van der Waals surface area contributed by atoms with Gasteiger partial charge in [0, 0.05) is 38.2 Å². The normalized spacial score (nSPS) is 11.6. The van der Waals surface area contributed by atoms with Crippen molar-refractivity contribution in [2.45, 2.75) is 27.7 Å². The van der Waals surface area contributed by atoms with E-state index >= 15 is 0 Å². The summed E-state index contributed by atoms with van der Waals surface area (Å²) in [7, 11) is 0. The first-order chi connectivity index (χ1) is 27.3. The Bertz CT molecular complexity index is 3060. The van der Waals surface area contributed by atoms with Gasteiger partial charge >= 0.3 is 0 Å². The van der Waals surface area contributed by atoms with E-state index in [4.69, 9.17) is 15.0 Å². The van der Waals surface area contributed by atoms with Gasteiger partial charge in [-0.25, -0.2) is 15.0 Å². The van der Waals surface area contributed by atoms with Crippen molar-refractivity contribution in [1.82, 2.24) is 24.1 Å². The molecule has 0 amide bonds. The van der Waals surface area contributed by atoms with Crippen molar-refractivity contribution < 1.29 is 0 Å². The van der Waals surface area contributed by atoms with Gasteiger partial charge in [0.1, 0.15) is 6.07 Å². The van der Waals surface area contributed by atoms with Crippen molar-refractivity contribution >= 4 is 43.6 Å². The molecule has 3 heterocycles. The van der Waals surface area contributed by atoms with Crippen LogP contribution in [0.1, 0.15) is 27.8 Å². The number of rotatable bonds is 5. The Kier molecular flexibility index (Phi) is 7.65. The second kappa shape index (κ2) is 12.9. The molecule has 266 valence electrons. The lowest BCUT2D eigenvalue weighted by Gasteiger charge is -2.19. The summed E-state index contributed by atoms with van der Waals surface area (Å²) in [6, 6.07) is 53.1. The number of fused-ring (bicyclic) bond motifs is 6. The molecule has 0 saturated heterocycles. The third-order valence-electron chi connectivity index (χ3n) is 10.8. The second-order valence-electron chi connectivity index (χ2n) is 14.8. The highest BCUT2D eigenvalue weighted by atomic mass is 15.1. The van der Waals surface area contributed by atoms with Gasteiger partial charge in [0.05, 0.1) is 39.0 Å². The molecule has 10 aromatic rings. The third-order valence-corrected chi connectivity index (χ3v) is 10.8. The largest absolute Gasteiger partial charge is 0.308 e. The summed E-state index contributed by atoms with van der Waals surface area (Å²) in [5.41, 5.74) is 13.6. The standard InChI is InChI=1S/C50H36N6/c1-30-15-19-42-37(23-30)38-24-31(2)16-20-43(38)55(42)46-28-47(56-44-21-17-32(3)25-39(44)40-26-33(4)18-22-45(40)56)41(27-36(46)29-51)50-53-48(34-11-7-5-8-12-34)52-49(54-50)35-13-9-6-10-14-35/h5-28H,1-4H3. The van der Waals surface area contributed by atoms with Gasteiger partial charge in [-0.05, 0) is 88.4 Å². The minimum Gasteiger partial charge on any atom is -0.308 e. The van der Waals surface area contributed by atoms with E-state index in [1.54, 1.807) is 0 Å². The zero-order valence-electron chi connectivity index (χ0n) is 31.5. The van der Waals surface area contributed by atoms with Crippen molar-refractivity contribution in [2.75, 3.05) is 0 Å². The predicted molar refractivity (Wildman–Crippen MR) is 228 cm³/mol. The van der Waals surface area contributed by atoms with Gasteiger partial charge in [-0.15, -0.1) is 0 Å². The molecule has 0 radical (unpaired) electrons. The fourth-order valence-corrected chi connectivity index (χ4v) is 8.17. The van der Waals surface area contributed by atoms with Crippen LogP contribution < -0.4 is 0 Å². The topological polar surface area (TPSA) is 72.3 Å². The summed E-state index contributed by atoms with van der Waals surface area (Å²) in [6.07, 6.45) is 0. The van der Waals surface area contributed by atoms with E-state index in [-0.39, 0.29) is 0 Å². The molecule has 0 N–H and O–H groups in total. The molecule has 10 rings (SSSR count). The van der Waals surface area contributed by atoms with Crippen LogP contribution in [0.15, 0.2) is 146 Å². The van der Waals surface area contributed by atoms with Gasteiger partial charge in [-0.2, -0.15) is 5.26 Å². The minimum absolute atomic E-state index is 0.485. The second-order valence-corrected chi connectivity index (χ2v) is 14.8. The molecule has 0 unspecified atom stereocenters. The molecule has 7 aromatic carbocycles. The molecule has 0 fully saturated rings. The van der Waals surface area contributed by atoms with E-state index < -0.39 is 0 Å². The van der Waals surface area contributed by atoms with Crippen molar-refractivity contribution in [3.8, 4) is 51.6 Å². The van der Waals surface area contributed by atoms with Crippen LogP contribution in [-0.4, -0.2) is 24.1 Å². The lowest BCUT2D eigenvalue weighted by atomic mass is 10.0. The van der Waals surface area contributed by atoms with Crippen LogP contribution in [-0.2, 0) is 0 Å². The smallest absolute Gasteiger partial charge is 0.166 e. The van der Waals surface area contributed by atoms with E-state index in [1.165, 1.54) is 22.3 Å². The summed E-state index contributed by atoms with van der Waals surface area (Å²) in [6.45, 7) is 8.52. The molecule has 6 heteroatoms. The van der Waals surface area contributed by atoms with Crippen LogP contribution in [0.25, 0.3) is 89.2 Å². The van der Waals surface area contributed by atoms with Crippen LogP contribution >= 0.6 is 0 Å². The van der Waals surface area contributed by atoms with Crippen LogP contribution in [0.2, 0.25) is 0 Å². The zero-order valence-corrected chi connectivity index (χ0v) is 31.5. The molecule has 56 heavy (non-hydrogen) atoms. The molecular weight excluding hydrogens is 685 g/mol. The number of hydrogen-bond donors (Lipinski definition) is 0. The highest BCUT2D eigenvalue weighted by molar-refractivity contribution is 6.11. The molecule has 0 aliphatic heterocycles. The molecule has 0 spiro atoms. The molecule has 0 atom stereocenters. The quantitative estimate of drug-likeness (QED) is 0.177. The number of nitrogens with zero attached hydrogens (tertiary/aromatic N) is 6. The maximum absolute atomic E-state index is 11.1. The Balaban J connectivity index is 1.36. The SMILES string of the molecule is Cc1ccc2c(c1)c1cc(C)ccc1n2-c1cc(-n2c3ccc(C)cc3c3cc(C)ccc32)c(-c2nc(-c3ccccc3)nc(-c3ccccc3)n2)cc1C#N. The summed E-state index contributed by atoms with van der Waals surface area (Å²) in [5, 5.41) is 15.7. The first-order valence-corrected chi connectivity index (χ1v) is 18.8. The van der Waals surface area contributed by atoms with Gasteiger partial charge in [0.25, 0.3) is 0 Å². The molecule has 0 saturated carbocycles. The summed E-state index contributed by atoms with van der Waals surface area (Å²) in [4.78, 5) is 15.4. The van der Waals surface area contributed by atoms with Gasteiger partial charge in [-0.3, -0.25) is 0 Å². The van der Waals surface area contributed by atoms with Gasteiger partial charge in [0.2, 0.25) is 0 Å². The van der Waals surface area contributed by atoms with Crippen LogP contribution in [0.4, 0.5) is 0 Å². The Morgan fingerprint density at radius 3 is 1.18 bits per heavy atom. The molecule has 3 aromatic heterocycles. The van der Waals surface area contributed by atoms with E-state index in [0.717, 1.165) is 71.7 Å². The summed E-state index contributed by atoms with van der Waals surface area (Å²) < 4.78 is 4.57. The van der Waals surface area contributed by atoms with Crippen molar-refractivity contribution in [2.24, 2.45) is 0 Å². The average molecular weight is 721 g/mol. The number of nitriles is 1. The fourth-order valence-electron chi connectivity index (χ4n) is 8.17. The fraction of sp³-hybridized carbons (Fsp3) is 0.0800. The highest BCUT2D eigenvalue weighted by Crippen LogP contribution is 2.41. The molecule has 0 aliphatic rings. The Morgan fingerprint density at radius 1 is 0.411 bits per heavy atom. The molecule has 0 bridgehead atoms. The number of benzene rings is 7. The molecule has 0 aliphatic carbocycles. The predicted octanol–water partition coefficient (Wildman–Crippen LogP) is 12.2. The van der Waals surface area contributed by atoms with Gasteiger partial charge in [-0.1, -0.05) is 107 Å². The minimum atomic E-state index is 0.485. The van der Waals surface area contributed by atoms with Crippen molar-refractivity contribution in [3.63, 3.8) is 0 Å². The lowest BCUT2D eigenvalue weighted by Crippen LogP contribution is -2.07. The first-order valence-electron chi connectivity index (χ1n) is 18.8. The summed E-state index contributed by atoms with van der Waals surface area (Å²) >= 11 is 0. The first kappa shape index (κ1) is 33.2. The van der Waals surface area contributed by atoms with E-state index in [1.807, 2.05) is 66.7 Å². The number of aryl methyl sites for hydroxylation is 4. The average Bonchev–Trinajstić information content (AvgIpc) is 3.71. The van der Waals surface area contributed by atoms with Crippen LogP contribution in [0, 0.1) is 39.0 Å². The van der Waals surface area contributed by atoms with E-state index in [2.05, 4.69) is 122 Å². The van der Waals surface area contributed by atoms with Gasteiger partial charge in [0.15, 0.2) is 17.5 Å². The van der Waals surface area contributed by atoms with E-state index in [0.29, 0.717) is 23.0 Å². The number of aromatic nitrogens is 5. The third kappa shape index (κ3) is 5.36. The zero-order chi connectivity index (χ0) is 38.1. The Morgan fingerprint density at radius 2 is 0.786 bits per heavy atom. The van der Waals surface area contributed by atoms with E-state index in [9.17, 15) is 5.26 Å². The maximum Gasteiger partial charge on any atom is 0.166 e. The molecule has 6 nitrogen and oxygen atoms in total. The Labute approximate surface area is 324 Å². The summed E-state index contributed by atoms with van der Waals surface area (Å²) in [5.74, 6) is 1.60. The number of hydrogen-bond acceptors (Lipinski definition) is 4. The van der Waals surface area contributed by atoms with Crippen LogP contribution in [0.5, 0.6) is 0 Å².